The molecule has 0 aliphatic carbocycles. The average Bonchev–Trinajstić information content (AvgIpc) is 2.42. The van der Waals surface area contributed by atoms with Crippen molar-refractivity contribution < 1.29 is 13.2 Å². The molecule has 0 spiro atoms. The number of hydrogen-bond donors (Lipinski definition) is 2. The number of halogens is 1. The van der Waals surface area contributed by atoms with E-state index in [1.54, 1.807) is 24.3 Å². The van der Waals surface area contributed by atoms with Gasteiger partial charge in [-0.1, -0.05) is 22.0 Å². The lowest BCUT2D eigenvalue weighted by molar-refractivity contribution is -0.114. The summed E-state index contributed by atoms with van der Waals surface area (Å²) in [5.41, 5.74) is 2.04. The molecule has 0 aliphatic rings. The van der Waals surface area contributed by atoms with E-state index in [1.807, 2.05) is 13.0 Å². The molecule has 0 bridgehead atoms. The summed E-state index contributed by atoms with van der Waals surface area (Å²) in [4.78, 5) is 11.1. The summed E-state index contributed by atoms with van der Waals surface area (Å²) in [6.07, 6.45) is 0. The average molecular weight is 383 g/mol. The maximum Gasteiger partial charge on any atom is 0.261 e. The van der Waals surface area contributed by atoms with Crippen molar-refractivity contribution >= 4 is 43.2 Å². The molecule has 2 rings (SSSR count). The van der Waals surface area contributed by atoms with Gasteiger partial charge in [0.1, 0.15) is 0 Å². The maximum absolute atomic E-state index is 12.3. The number of amides is 1. The topological polar surface area (TPSA) is 75.3 Å². The zero-order valence-electron chi connectivity index (χ0n) is 12.1. The van der Waals surface area contributed by atoms with Crippen LogP contribution in [0.5, 0.6) is 0 Å². The van der Waals surface area contributed by atoms with Gasteiger partial charge in [-0.15, -0.1) is 0 Å². The van der Waals surface area contributed by atoms with Crippen molar-refractivity contribution in [2.24, 2.45) is 0 Å². The van der Waals surface area contributed by atoms with Crippen LogP contribution in [0.15, 0.2) is 51.8 Å². The number of anilines is 2. The van der Waals surface area contributed by atoms with Crippen LogP contribution in [0.3, 0.4) is 0 Å². The van der Waals surface area contributed by atoms with Crippen molar-refractivity contribution in [3.8, 4) is 0 Å². The molecule has 2 aromatic carbocycles. The maximum atomic E-state index is 12.3. The van der Waals surface area contributed by atoms with Gasteiger partial charge in [-0.2, -0.15) is 0 Å². The minimum absolute atomic E-state index is 0.123. The minimum Gasteiger partial charge on any atom is -0.326 e. The van der Waals surface area contributed by atoms with Gasteiger partial charge in [0.05, 0.1) is 4.90 Å². The number of carbonyl (C=O) groups excluding carboxylic acids is 1. The SMILES string of the molecule is CC(=O)Nc1ccc(S(=O)(=O)Nc2ccc(C)c(Br)c2)cc1. The summed E-state index contributed by atoms with van der Waals surface area (Å²) in [5, 5.41) is 2.59. The summed E-state index contributed by atoms with van der Waals surface area (Å²) in [6, 6.07) is 11.2. The van der Waals surface area contributed by atoms with Crippen molar-refractivity contribution in [2.45, 2.75) is 18.7 Å². The first-order chi connectivity index (χ1) is 10.3. The van der Waals surface area contributed by atoms with Crippen LogP contribution in [0.25, 0.3) is 0 Å². The molecule has 22 heavy (non-hydrogen) atoms. The van der Waals surface area contributed by atoms with Crippen LogP contribution < -0.4 is 10.0 Å². The molecule has 5 nitrogen and oxygen atoms in total. The lowest BCUT2D eigenvalue weighted by Crippen LogP contribution is -2.13. The Labute approximate surface area is 137 Å². The predicted octanol–water partition coefficient (Wildman–Crippen LogP) is 3.52. The van der Waals surface area contributed by atoms with Gasteiger partial charge in [-0.25, -0.2) is 8.42 Å². The Morgan fingerprint density at radius 2 is 1.64 bits per heavy atom. The minimum atomic E-state index is -3.67. The summed E-state index contributed by atoms with van der Waals surface area (Å²) in [5.74, 6) is -0.210. The molecule has 0 heterocycles. The van der Waals surface area contributed by atoms with Crippen molar-refractivity contribution in [1.29, 1.82) is 0 Å². The molecular formula is C15H15BrN2O3S. The monoisotopic (exact) mass is 382 g/mol. The fourth-order valence-electron chi connectivity index (χ4n) is 1.79. The van der Waals surface area contributed by atoms with Crippen LogP contribution in [0.4, 0.5) is 11.4 Å². The molecule has 0 fully saturated rings. The highest BCUT2D eigenvalue weighted by Gasteiger charge is 2.14. The molecule has 1 amide bonds. The van der Waals surface area contributed by atoms with E-state index in [2.05, 4.69) is 26.0 Å². The molecule has 0 atom stereocenters. The Kier molecular flexibility index (Phi) is 4.87. The molecule has 0 unspecified atom stereocenters. The van der Waals surface area contributed by atoms with Crippen LogP contribution in [0, 0.1) is 6.92 Å². The molecule has 7 heteroatoms. The third-order valence-electron chi connectivity index (χ3n) is 2.91. The summed E-state index contributed by atoms with van der Waals surface area (Å²) >= 11 is 3.37. The number of carbonyl (C=O) groups is 1. The van der Waals surface area contributed by atoms with E-state index in [9.17, 15) is 13.2 Å². The fraction of sp³-hybridized carbons (Fsp3) is 0.133. The van der Waals surface area contributed by atoms with Crippen molar-refractivity contribution in [1.82, 2.24) is 0 Å². The van der Waals surface area contributed by atoms with E-state index >= 15 is 0 Å². The van der Waals surface area contributed by atoms with E-state index in [0.717, 1.165) is 10.0 Å². The molecular weight excluding hydrogens is 368 g/mol. The zero-order valence-corrected chi connectivity index (χ0v) is 14.5. The van der Waals surface area contributed by atoms with Gasteiger partial charge in [0.2, 0.25) is 5.91 Å². The van der Waals surface area contributed by atoms with E-state index in [0.29, 0.717) is 11.4 Å². The second kappa shape index (κ2) is 6.50. The van der Waals surface area contributed by atoms with Crippen LogP contribution in [0.2, 0.25) is 0 Å². The number of benzene rings is 2. The van der Waals surface area contributed by atoms with Crippen LogP contribution in [-0.2, 0) is 14.8 Å². The predicted molar refractivity (Wildman–Crippen MR) is 90.4 cm³/mol. The number of sulfonamides is 1. The summed E-state index contributed by atoms with van der Waals surface area (Å²) in [6.45, 7) is 3.31. The number of nitrogens with one attached hydrogen (secondary N) is 2. The van der Waals surface area contributed by atoms with Gasteiger partial charge in [-0.05, 0) is 48.9 Å². The van der Waals surface area contributed by atoms with Crippen molar-refractivity contribution in [3.05, 3.63) is 52.5 Å². The Morgan fingerprint density at radius 1 is 1.05 bits per heavy atom. The van der Waals surface area contributed by atoms with E-state index in [1.165, 1.54) is 19.1 Å². The number of hydrogen-bond acceptors (Lipinski definition) is 3. The second-order valence-electron chi connectivity index (χ2n) is 4.78. The molecule has 2 aromatic rings. The largest absolute Gasteiger partial charge is 0.326 e. The van der Waals surface area contributed by atoms with Gasteiger partial charge in [-0.3, -0.25) is 9.52 Å². The Balaban J connectivity index is 2.22. The van der Waals surface area contributed by atoms with Crippen molar-refractivity contribution in [3.63, 3.8) is 0 Å². The molecule has 116 valence electrons. The fourth-order valence-corrected chi connectivity index (χ4v) is 3.22. The number of rotatable bonds is 4. The van der Waals surface area contributed by atoms with E-state index in [-0.39, 0.29) is 10.8 Å². The third-order valence-corrected chi connectivity index (χ3v) is 5.16. The quantitative estimate of drug-likeness (QED) is 0.849. The Morgan fingerprint density at radius 3 is 2.18 bits per heavy atom. The second-order valence-corrected chi connectivity index (χ2v) is 7.31. The number of aryl methyl sites for hydroxylation is 1. The van der Waals surface area contributed by atoms with Gasteiger partial charge < -0.3 is 5.32 Å². The highest BCUT2D eigenvalue weighted by atomic mass is 79.9. The third kappa shape index (κ3) is 4.08. The van der Waals surface area contributed by atoms with Gasteiger partial charge in [0, 0.05) is 22.8 Å². The van der Waals surface area contributed by atoms with Crippen LogP contribution in [-0.4, -0.2) is 14.3 Å². The first-order valence-corrected chi connectivity index (χ1v) is 8.72. The van der Waals surface area contributed by atoms with E-state index in [4.69, 9.17) is 0 Å². The molecule has 0 saturated carbocycles. The molecule has 2 N–H and O–H groups in total. The standard InChI is InChI=1S/C15H15BrN2O3S/c1-10-3-4-13(9-15(10)16)18-22(20,21)14-7-5-12(6-8-14)17-11(2)19/h3-9,18H,1-2H3,(H,17,19). The smallest absolute Gasteiger partial charge is 0.261 e. The molecule has 0 radical (unpaired) electrons. The van der Waals surface area contributed by atoms with E-state index < -0.39 is 10.0 Å². The van der Waals surface area contributed by atoms with Crippen molar-refractivity contribution in [2.75, 3.05) is 10.0 Å². The van der Waals surface area contributed by atoms with Gasteiger partial charge in [0.25, 0.3) is 10.0 Å². The lowest BCUT2D eigenvalue weighted by Gasteiger charge is -2.10. The lowest BCUT2D eigenvalue weighted by atomic mass is 10.2. The summed E-state index contributed by atoms with van der Waals surface area (Å²) < 4.78 is 28.0. The normalized spacial score (nSPS) is 11.0. The Hall–Kier alpha value is -1.86. The molecule has 0 saturated heterocycles. The Bertz CT molecular complexity index is 802. The zero-order chi connectivity index (χ0) is 16.3. The first-order valence-electron chi connectivity index (χ1n) is 6.44. The van der Waals surface area contributed by atoms with Gasteiger partial charge in [0.15, 0.2) is 0 Å². The molecule has 0 aromatic heterocycles. The highest BCUT2D eigenvalue weighted by Crippen LogP contribution is 2.23. The van der Waals surface area contributed by atoms with Gasteiger partial charge >= 0.3 is 0 Å². The molecule has 0 aliphatic heterocycles. The summed E-state index contributed by atoms with van der Waals surface area (Å²) in [7, 11) is -3.67. The van der Waals surface area contributed by atoms with Crippen LogP contribution in [0.1, 0.15) is 12.5 Å². The first kappa shape index (κ1) is 16.5. The van der Waals surface area contributed by atoms with Crippen LogP contribution >= 0.6 is 15.9 Å². The highest BCUT2D eigenvalue weighted by molar-refractivity contribution is 9.10.